The van der Waals surface area contributed by atoms with Crippen LogP contribution in [0.3, 0.4) is 0 Å². The highest BCUT2D eigenvalue weighted by molar-refractivity contribution is 7.89. The van der Waals surface area contributed by atoms with Gasteiger partial charge in [0.25, 0.3) is 0 Å². The Kier molecular flexibility index (Phi) is 3.96. The molecule has 24 heavy (non-hydrogen) atoms. The van der Waals surface area contributed by atoms with E-state index in [9.17, 15) is 8.42 Å². The number of nitrogens with zero attached hydrogens (tertiary/aromatic N) is 3. The highest BCUT2D eigenvalue weighted by Crippen LogP contribution is 2.41. The van der Waals surface area contributed by atoms with Gasteiger partial charge in [0, 0.05) is 36.9 Å². The van der Waals surface area contributed by atoms with Gasteiger partial charge in [0.2, 0.25) is 10.0 Å². The van der Waals surface area contributed by atoms with Crippen molar-refractivity contribution < 1.29 is 8.42 Å². The number of rotatable bonds is 4. The molecular formula is C18H23N3O2S. The number of piperidine rings is 1. The van der Waals surface area contributed by atoms with Crippen LogP contribution in [0.1, 0.15) is 49.2 Å². The van der Waals surface area contributed by atoms with Gasteiger partial charge in [-0.1, -0.05) is 18.2 Å². The predicted octanol–water partition coefficient (Wildman–Crippen LogP) is 3.09. The Bertz CT molecular complexity index is 825. The predicted molar refractivity (Wildman–Crippen MR) is 92.4 cm³/mol. The van der Waals surface area contributed by atoms with Crippen molar-refractivity contribution in [2.75, 3.05) is 13.1 Å². The van der Waals surface area contributed by atoms with Gasteiger partial charge in [-0.05, 0) is 44.7 Å². The van der Waals surface area contributed by atoms with Crippen molar-refractivity contribution >= 4 is 10.0 Å². The summed E-state index contributed by atoms with van der Waals surface area (Å²) in [5, 5.41) is 0. The van der Waals surface area contributed by atoms with Gasteiger partial charge < -0.3 is 4.57 Å². The van der Waals surface area contributed by atoms with Crippen molar-refractivity contribution in [3.05, 3.63) is 48.0 Å². The number of hydrogen-bond donors (Lipinski definition) is 0. The first kappa shape index (κ1) is 15.8. The minimum absolute atomic E-state index is 0.190. The number of hydrogen-bond acceptors (Lipinski definition) is 3. The summed E-state index contributed by atoms with van der Waals surface area (Å²) in [6.07, 6.45) is 6.24. The third kappa shape index (κ3) is 2.78. The number of aryl methyl sites for hydroxylation is 1. The zero-order chi connectivity index (χ0) is 16.7. The summed E-state index contributed by atoms with van der Waals surface area (Å²) in [5.41, 5.74) is 1.14. The molecule has 6 heteroatoms. The van der Waals surface area contributed by atoms with E-state index in [0.29, 0.717) is 23.9 Å². The Labute approximate surface area is 143 Å². The first-order valence-corrected chi connectivity index (χ1v) is 10.1. The summed E-state index contributed by atoms with van der Waals surface area (Å²) in [6.45, 7) is 3.21. The Morgan fingerprint density at radius 2 is 1.88 bits per heavy atom. The van der Waals surface area contributed by atoms with Crippen LogP contribution in [0.5, 0.6) is 0 Å². The molecule has 1 atom stereocenters. The Balaban J connectivity index is 1.62. The maximum Gasteiger partial charge on any atom is 0.243 e. The SMILES string of the molecule is Cc1cnc(C2CC2)n1C1CCCN(S(=O)(=O)c2ccccc2)C1. The van der Waals surface area contributed by atoms with E-state index in [1.807, 2.05) is 12.3 Å². The monoisotopic (exact) mass is 345 g/mol. The average Bonchev–Trinajstić information content (AvgIpc) is 3.38. The second-order valence-corrected chi connectivity index (χ2v) is 8.81. The van der Waals surface area contributed by atoms with Gasteiger partial charge in [-0.25, -0.2) is 13.4 Å². The van der Waals surface area contributed by atoms with E-state index >= 15 is 0 Å². The molecule has 2 aromatic rings. The van der Waals surface area contributed by atoms with E-state index in [2.05, 4.69) is 16.5 Å². The summed E-state index contributed by atoms with van der Waals surface area (Å²) >= 11 is 0. The molecule has 0 radical (unpaired) electrons. The lowest BCUT2D eigenvalue weighted by Crippen LogP contribution is -2.41. The molecule has 2 heterocycles. The largest absolute Gasteiger partial charge is 0.328 e. The zero-order valence-corrected chi connectivity index (χ0v) is 14.7. The molecular weight excluding hydrogens is 322 g/mol. The molecule has 0 N–H and O–H groups in total. The van der Waals surface area contributed by atoms with E-state index in [1.54, 1.807) is 28.6 Å². The van der Waals surface area contributed by atoms with Gasteiger partial charge in [-0.2, -0.15) is 4.31 Å². The molecule has 1 aliphatic heterocycles. The van der Waals surface area contributed by atoms with E-state index in [0.717, 1.165) is 24.4 Å². The van der Waals surface area contributed by atoms with Gasteiger partial charge in [-0.15, -0.1) is 0 Å². The summed E-state index contributed by atoms with van der Waals surface area (Å²) in [4.78, 5) is 4.98. The fraction of sp³-hybridized carbons (Fsp3) is 0.500. The van der Waals surface area contributed by atoms with Crippen LogP contribution >= 0.6 is 0 Å². The number of sulfonamides is 1. The van der Waals surface area contributed by atoms with E-state index in [1.165, 1.54) is 12.8 Å². The number of benzene rings is 1. The molecule has 2 aliphatic rings. The van der Waals surface area contributed by atoms with Crippen molar-refractivity contribution in [3.63, 3.8) is 0 Å². The highest BCUT2D eigenvalue weighted by atomic mass is 32.2. The number of imidazole rings is 1. The molecule has 0 spiro atoms. The third-order valence-electron chi connectivity index (χ3n) is 5.06. The third-order valence-corrected chi connectivity index (χ3v) is 6.94. The Morgan fingerprint density at radius 3 is 2.58 bits per heavy atom. The van der Waals surface area contributed by atoms with Crippen molar-refractivity contribution in [2.45, 2.75) is 49.5 Å². The highest BCUT2D eigenvalue weighted by Gasteiger charge is 2.35. The lowest BCUT2D eigenvalue weighted by molar-refractivity contribution is 0.261. The molecule has 1 saturated heterocycles. The van der Waals surface area contributed by atoms with Crippen LogP contribution in [0.25, 0.3) is 0 Å². The van der Waals surface area contributed by atoms with Crippen molar-refractivity contribution in [2.24, 2.45) is 0 Å². The van der Waals surface area contributed by atoms with Gasteiger partial charge in [0.1, 0.15) is 5.82 Å². The van der Waals surface area contributed by atoms with Crippen LogP contribution < -0.4 is 0 Å². The molecule has 1 aromatic carbocycles. The first-order chi connectivity index (χ1) is 11.6. The van der Waals surface area contributed by atoms with Crippen LogP contribution in [-0.4, -0.2) is 35.4 Å². The summed E-state index contributed by atoms with van der Waals surface area (Å²) in [6, 6.07) is 8.94. The van der Waals surface area contributed by atoms with Crippen LogP contribution in [0.2, 0.25) is 0 Å². The topological polar surface area (TPSA) is 55.2 Å². The molecule has 5 nitrogen and oxygen atoms in total. The minimum atomic E-state index is -3.42. The molecule has 1 saturated carbocycles. The molecule has 0 bridgehead atoms. The van der Waals surface area contributed by atoms with Crippen LogP contribution in [0.15, 0.2) is 41.4 Å². The van der Waals surface area contributed by atoms with Gasteiger partial charge in [-0.3, -0.25) is 0 Å². The summed E-state index contributed by atoms with van der Waals surface area (Å²) < 4.78 is 29.8. The molecule has 1 aliphatic carbocycles. The second kappa shape index (κ2) is 6.01. The maximum absolute atomic E-state index is 12.9. The quantitative estimate of drug-likeness (QED) is 0.855. The van der Waals surface area contributed by atoms with Crippen LogP contribution in [0, 0.1) is 6.92 Å². The number of aromatic nitrogens is 2. The molecule has 128 valence electrons. The minimum Gasteiger partial charge on any atom is -0.328 e. The van der Waals surface area contributed by atoms with Crippen molar-refractivity contribution in [3.8, 4) is 0 Å². The molecule has 0 amide bonds. The van der Waals surface area contributed by atoms with E-state index in [-0.39, 0.29) is 6.04 Å². The molecule has 4 rings (SSSR count). The van der Waals surface area contributed by atoms with Crippen LogP contribution in [0.4, 0.5) is 0 Å². The standard InChI is InChI=1S/C18H23N3O2S/c1-14-12-19-18(15-9-10-15)21(14)16-6-5-11-20(13-16)24(22,23)17-7-3-2-4-8-17/h2-4,7-8,12,15-16H,5-6,9-11,13H2,1H3. The fourth-order valence-corrected chi connectivity index (χ4v) is 5.21. The molecule has 1 unspecified atom stereocenters. The average molecular weight is 345 g/mol. The maximum atomic E-state index is 12.9. The zero-order valence-electron chi connectivity index (χ0n) is 13.9. The molecule has 2 fully saturated rings. The molecule has 1 aromatic heterocycles. The Hall–Kier alpha value is -1.66. The normalized spacial score (nSPS) is 22.6. The van der Waals surface area contributed by atoms with Gasteiger partial charge >= 0.3 is 0 Å². The second-order valence-electron chi connectivity index (χ2n) is 6.87. The summed E-state index contributed by atoms with van der Waals surface area (Å²) in [7, 11) is -3.42. The lowest BCUT2D eigenvalue weighted by atomic mass is 10.1. The first-order valence-electron chi connectivity index (χ1n) is 8.66. The van der Waals surface area contributed by atoms with Crippen LogP contribution in [-0.2, 0) is 10.0 Å². The fourth-order valence-electron chi connectivity index (χ4n) is 3.67. The summed E-state index contributed by atoms with van der Waals surface area (Å²) in [5.74, 6) is 1.72. The van der Waals surface area contributed by atoms with Gasteiger partial charge in [0.15, 0.2) is 0 Å². The smallest absolute Gasteiger partial charge is 0.243 e. The van der Waals surface area contributed by atoms with Crippen molar-refractivity contribution in [1.82, 2.24) is 13.9 Å². The van der Waals surface area contributed by atoms with E-state index in [4.69, 9.17) is 0 Å². The Morgan fingerprint density at radius 1 is 1.12 bits per heavy atom. The van der Waals surface area contributed by atoms with Crippen molar-refractivity contribution in [1.29, 1.82) is 0 Å². The lowest BCUT2D eigenvalue weighted by Gasteiger charge is -2.34. The van der Waals surface area contributed by atoms with Gasteiger partial charge in [0.05, 0.1) is 4.90 Å². The van der Waals surface area contributed by atoms with E-state index < -0.39 is 10.0 Å².